The normalized spacial score (nSPS) is 42.8. The number of ether oxygens (including phenoxy) is 2. The number of hydrogen-bond donors (Lipinski definition) is 15. The van der Waals surface area contributed by atoms with Gasteiger partial charge >= 0.3 is 0 Å². The third kappa shape index (κ3) is 31.3. The lowest BCUT2D eigenvalue weighted by Crippen LogP contribution is -2.64. The first-order chi connectivity index (χ1) is 71.6. The lowest BCUT2D eigenvalue weighted by molar-refractivity contribution is -0.139. The van der Waals surface area contributed by atoms with Crippen LogP contribution < -0.4 is 79.8 Å². The Morgan fingerprint density at radius 1 is 0.267 bits per heavy atom. The fourth-order valence-electron chi connectivity index (χ4n) is 34.3. The number of carbonyl (C=O) groups is 1. The van der Waals surface area contributed by atoms with E-state index in [0.29, 0.717) is 40.9 Å². The summed E-state index contributed by atoms with van der Waals surface area (Å²) in [5, 5.41) is 53.5. The molecule has 0 amide bonds. The second-order valence-corrected chi connectivity index (χ2v) is 60.9. The van der Waals surface area contributed by atoms with Crippen molar-refractivity contribution in [2.24, 2.45) is 97.1 Å². The van der Waals surface area contributed by atoms with Gasteiger partial charge in [-0.05, 0) is 511 Å². The molecule has 16 unspecified atom stereocenters. The number of carbonyl (C=O) groups excluding carboxylic acids is 1. The van der Waals surface area contributed by atoms with Gasteiger partial charge in [0, 0.05) is 164 Å². The van der Waals surface area contributed by atoms with Gasteiger partial charge in [-0.2, -0.15) is 23.5 Å². The predicted molar refractivity (Wildman–Crippen MR) is 609 cm³/mol. The zero-order valence-electron chi connectivity index (χ0n) is 93.3. The van der Waals surface area contributed by atoms with Crippen molar-refractivity contribution in [1.82, 2.24) is 84.7 Å². The molecule has 33 aliphatic heterocycles. The van der Waals surface area contributed by atoms with E-state index in [2.05, 4.69) is 108 Å². The number of hydrogen-bond acceptors (Lipinski definition) is 21. The summed E-state index contributed by atoms with van der Waals surface area (Å²) in [6, 6.07) is 10.8. The Kier molecular flexibility index (Phi) is 39.4. The van der Waals surface area contributed by atoms with Crippen LogP contribution in [-0.4, -0.2) is 268 Å². The maximum Gasteiger partial charge on any atom is 0.136 e. The number of rotatable bonds is 0. The minimum Gasteiger partial charge on any atom is -0.380 e. The fraction of sp³-hybridized carbons (Fsp3) is 0.992. The van der Waals surface area contributed by atoms with Crippen molar-refractivity contribution in [3.63, 3.8) is 0 Å². The number of nitrogens with one attached hydrogen (secondary N) is 15. The first-order valence-corrected chi connectivity index (χ1v) is 67.3. The van der Waals surface area contributed by atoms with Crippen LogP contribution in [0.1, 0.15) is 424 Å². The molecule has 33 saturated heterocycles. The van der Waals surface area contributed by atoms with Crippen LogP contribution in [0.15, 0.2) is 0 Å². The van der Waals surface area contributed by atoms with Crippen molar-refractivity contribution in [2.75, 3.05) is 162 Å². The molecule has 26 bridgehead atoms. The highest BCUT2D eigenvalue weighted by Gasteiger charge is 2.63. The summed E-state index contributed by atoms with van der Waals surface area (Å²) in [7, 11) is 0. The minimum absolute atomic E-state index is 0.449. The molecule has 0 aromatic heterocycles. The van der Waals surface area contributed by atoms with Crippen LogP contribution >= 0.6 is 23.5 Å². The molecular weight excluding hydrogens is 1840 g/mol. The van der Waals surface area contributed by atoms with E-state index in [4.69, 9.17) is 9.47 Å². The molecule has 146 heavy (non-hydrogen) atoms. The van der Waals surface area contributed by atoms with Crippen molar-refractivity contribution < 1.29 is 14.3 Å². The van der Waals surface area contributed by atoms with E-state index in [0.717, 1.165) is 184 Å². The fourth-order valence-corrected chi connectivity index (χ4v) is 36.8. The van der Waals surface area contributed by atoms with E-state index in [1.165, 1.54) is 449 Å². The summed E-state index contributed by atoms with van der Waals surface area (Å²) in [4.78, 5) is 13.2. The van der Waals surface area contributed by atoms with Gasteiger partial charge in [-0.15, -0.1) is 0 Å². The van der Waals surface area contributed by atoms with Crippen LogP contribution in [0.3, 0.4) is 0 Å². The molecule has 0 aromatic carbocycles. The molecule has 52 aliphatic rings. The number of fused-ring (bicyclic) bond motifs is 26. The number of ketones is 1. The zero-order valence-corrected chi connectivity index (χ0v) is 94.9. The zero-order chi connectivity index (χ0) is 98.4. The highest BCUT2D eigenvalue weighted by Crippen LogP contribution is 2.69. The molecule has 33 heterocycles. The number of piperidine rings is 15. The van der Waals surface area contributed by atoms with Crippen molar-refractivity contribution in [1.29, 1.82) is 0 Å². The Bertz CT molecular complexity index is 3360. The van der Waals surface area contributed by atoms with Gasteiger partial charge in [-0.1, -0.05) is 77.0 Å². The number of morpholine rings is 1. The summed E-state index contributed by atoms with van der Waals surface area (Å²) >= 11 is 4.24. The van der Waals surface area contributed by atoms with E-state index >= 15 is 0 Å². The van der Waals surface area contributed by atoms with Crippen LogP contribution in [0, 0.1) is 97.1 Å². The Morgan fingerprint density at radius 3 is 0.986 bits per heavy atom. The molecule has 52 fully saturated rings. The smallest absolute Gasteiger partial charge is 0.136 e. The number of Topliss-reactive ketones (excluding diaryl/α,β-unsaturated/α-hetero) is 1. The van der Waals surface area contributed by atoms with Crippen molar-refractivity contribution in [3.05, 3.63) is 0 Å². The van der Waals surface area contributed by atoms with Gasteiger partial charge in [0.05, 0.1) is 26.4 Å². The summed E-state index contributed by atoms with van der Waals surface area (Å²) in [6.45, 7) is 28.6. The molecule has 19 saturated carbocycles. The quantitative estimate of drug-likeness (QED) is 0.108. The maximum atomic E-state index is 10.7. The Balaban J connectivity index is 0.0000000877. The van der Waals surface area contributed by atoms with E-state index < -0.39 is 0 Å². The van der Waals surface area contributed by atoms with E-state index in [9.17, 15) is 4.79 Å². The Hall–Kier alpha value is -0.350. The van der Waals surface area contributed by atoms with Gasteiger partial charge in [0.15, 0.2) is 0 Å². The average Bonchev–Trinajstić information content (AvgIpc) is 1.54. The van der Waals surface area contributed by atoms with E-state index in [1.807, 2.05) is 0 Å². The molecule has 19 nitrogen and oxygen atoms in total. The average molecular weight is 2060 g/mol. The van der Waals surface area contributed by atoms with Crippen LogP contribution in [0.2, 0.25) is 0 Å². The highest BCUT2D eigenvalue weighted by atomic mass is 32.2. The molecule has 0 aromatic rings. The van der Waals surface area contributed by atoms with Crippen molar-refractivity contribution in [2.45, 2.75) is 518 Å². The van der Waals surface area contributed by atoms with Gasteiger partial charge in [-0.25, -0.2) is 0 Å². The standard InChI is InChI=1S/C9H15N.C8H13N.C8H15N.C8H14.5C7H13N.C7H12.C6H9NO.3C6H11N.C6H10.2C5H9NO.2C5H9NS/c1-2-9(3-1)5-7-4-8(6-9)10-7;1-2-8(1)6-3-7(8)5-9-4-6;1-2-8(3-4-8)5-7-9-6-1;1-2-5-8(4-1)6-3-7-8;1-4-8-5-2-7(1)3-6-8;1-3-7-4-2-6(1)5-8-7;1-2-8-5-7-3-6(1)4-7;1-2-6-8-7(3-1)4-5-7;1-2-6-4-5-7(3-1)8-6;1-2-4-7(3-1)5-6-7;8-6-2-4-1-5(3-6)7-4;1-5-2-6(1)4-7-3-5;1-2-6(3-1)4-7-5-6;1-2-5-4-6(3-1)7-5;1-2-6-3-5(1)4-6;1-5(2-6-1)3-7-4-5;2*1-4-2-7-3-5(1)6-4;1-4-2-6-3-5(1)7-4/h7-8,10H,1-6H2;6-7,9H,1-5H2;9H,1-7H2;1-7H2;7H,1-6H2;2*6-8H,1-5H2;8H,1-6H2;6-8H,1-5H2;1-6H2;4-5,7H,1-3H2;5-7H,1-4H2;7H,1-5H2;5-7H,1-4H2;5-6H,1-4H2;6H,1-4H2;3*4-6H,1-3H2. The number of thioether (sulfide) groups is 2. The first-order valence-electron chi connectivity index (χ1n) is 65.2. The van der Waals surface area contributed by atoms with E-state index in [-0.39, 0.29) is 0 Å². The van der Waals surface area contributed by atoms with Gasteiger partial charge in [0.2, 0.25) is 0 Å². The third-order valence-electron chi connectivity index (χ3n) is 46.5. The third-order valence-corrected chi connectivity index (χ3v) is 49.3. The van der Waals surface area contributed by atoms with Crippen LogP contribution in [-0.2, 0) is 14.3 Å². The van der Waals surface area contributed by atoms with Crippen LogP contribution in [0.5, 0.6) is 0 Å². The summed E-state index contributed by atoms with van der Waals surface area (Å²) in [5.74, 6) is 14.2. The summed E-state index contributed by atoms with van der Waals surface area (Å²) in [5.41, 5.74) is 6.62. The lowest BCUT2D eigenvalue weighted by Gasteiger charge is -2.57. The topological polar surface area (TPSA) is 219 Å². The molecule has 19 aliphatic carbocycles. The maximum absolute atomic E-state index is 10.7. The Labute approximate surface area is 900 Å². The van der Waals surface area contributed by atoms with Gasteiger partial charge in [-0.3, -0.25) is 4.79 Å². The lowest BCUT2D eigenvalue weighted by atomic mass is 9.56. The number of nitrogens with zero attached hydrogens (tertiary/aromatic N) is 1. The molecule has 8 spiro atoms. The molecular formula is C125H222N16O3S2. The van der Waals surface area contributed by atoms with Crippen molar-refractivity contribution >= 4 is 29.3 Å². The second kappa shape index (κ2) is 52.4. The molecule has 15 N–H and O–H groups in total. The molecule has 0 radical (unpaired) electrons. The molecule has 52 rings (SSSR count). The second-order valence-electron chi connectivity index (χ2n) is 58.2. The first kappa shape index (κ1) is 110. The minimum atomic E-state index is 0.449. The van der Waals surface area contributed by atoms with E-state index in [1.54, 1.807) is 109 Å². The van der Waals surface area contributed by atoms with Crippen LogP contribution in [0.25, 0.3) is 0 Å². The van der Waals surface area contributed by atoms with Gasteiger partial charge < -0.3 is 94.1 Å². The molecule has 16 atom stereocenters. The predicted octanol–water partition coefficient (Wildman–Crippen LogP) is 19.6. The molecule has 832 valence electrons. The highest BCUT2D eigenvalue weighted by molar-refractivity contribution is 8.02. The largest absolute Gasteiger partial charge is 0.380 e. The monoisotopic (exact) mass is 2060 g/mol. The Morgan fingerprint density at radius 2 is 0.712 bits per heavy atom. The van der Waals surface area contributed by atoms with Crippen LogP contribution in [0.4, 0.5) is 0 Å². The summed E-state index contributed by atoms with van der Waals surface area (Å²) in [6.07, 6.45) is 97.4. The molecule has 21 heteroatoms. The van der Waals surface area contributed by atoms with Gasteiger partial charge in [0.1, 0.15) is 5.78 Å². The SMILES string of the molecule is C1CC2(C1)CC1CC(C2)N1.C1CC2(C1)CNC2.C1CC2CC(C1)N2.C1CC2CC(CN1)C2.C1CC2CC1C2.C1CC2CCC(C1)N2.C1CC2CCC1CN2.C1CCC2(C1)CC2.C1CCC2(C1)CCC2.C1CCC2(CC2)NC1.C1CN2CCC1CC2.C1CNCCC2(C1)CC2.C1NCC12COC2.C1NCC2CC1C2.C1NCC2CC1C21CC1.C1NCC2CC1S2.C1OCC2CC1N2.C1SCC2CC1N2.O=C1CC2CC(C1)N2. The summed E-state index contributed by atoms with van der Waals surface area (Å²) < 4.78 is 10.2. The van der Waals surface area contributed by atoms with Gasteiger partial charge in [0.25, 0.3) is 0 Å². The van der Waals surface area contributed by atoms with Crippen molar-refractivity contribution in [3.8, 4) is 0 Å².